The number of aromatic nitrogens is 3. The molecule has 34 heavy (non-hydrogen) atoms. The number of hydrogen-bond acceptors (Lipinski definition) is 8. The maximum Gasteiger partial charge on any atom is 0.340 e. The molecule has 0 aliphatic carbocycles. The summed E-state index contributed by atoms with van der Waals surface area (Å²) in [6.45, 7) is 7.14. The standard InChI is InChI=1S/C23H25Br2N5O4/c1-4-33-22(32)21-16-9-20(34-14(2)31)17(25)10-18(16)28(3)19(21)13-29-5-7-30(8-6-29)23-26-11-15(24)12-27-23/h9-12H,4-8,13H2,1-3H3. The molecule has 1 saturated heterocycles. The molecule has 3 heterocycles. The zero-order valence-electron chi connectivity index (χ0n) is 19.2. The summed E-state index contributed by atoms with van der Waals surface area (Å²) >= 11 is 6.84. The molecule has 1 fully saturated rings. The zero-order valence-corrected chi connectivity index (χ0v) is 22.3. The van der Waals surface area contributed by atoms with Gasteiger partial charge in [-0.25, -0.2) is 14.8 Å². The summed E-state index contributed by atoms with van der Waals surface area (Å²) in [4.78, 5) is 37.8. The van der Waals surface area contributed by atoms with E-state index in [1.807, 2.05) is 17.7 Å². The van der Waals surface area contributed by atoms with Crippen LogP contribution in [0.3, 0.4) is 0 Å². The van der Waals surface area contributed by atoms with Crippen LogP contribution in [0.2, 0.25) is 0 Å². The smallest absolute Gasteiger partial charge is 0.340 e. The molecule has 0 atom stereocenters. The molecule has 0 N–H and O–H groups in total. The van der Waals surface area contributed by atoms with E-state index in [4.69, 9.17) is 9.47 Å². The molecule has 180 valence electrons. The van der Waals surface area contributed by atoms with Crippen molar-refractivity contribution in [2.45, 2.75) is 20.4 Å². The van der Waals surface area contributed by atoms with Gasteiger partial charge in [-0.05, 0) is 50.9 Å². The van der Waals surface area contributed by atoms with Gasteiger partial charge >= 0.3 is 11.9 Å². The SMILES string of the molecule is CCOC(=O)c1c(CN2CCN(c3ncc(Br)cn3)CC2)n(C)c2cc(Br)c(OC(C)=O)cc12. The molecule has 0 spiro atoms. The van der Waals surface area contributed by atoms with Gasteiger partial charge < -0.3 is 18.9 Å². The Morgan fingerprint density at radius 2 is 1.76 bits per heavy atom. The molecule has 11 heteroatoms. The van der Waals surface area contributed by atoms with Gasteiger partial charge in [0.15, 0.2) is 0 Å². The third kappa shape index (κ3) is 5.11. The first-order valence-corrected chi connectivity index (χ1v) is 12.5. The molecular formula is C23H25Br2N5O4. The van der Waals surface area contributed by atoms with Crippen molar-refractivity contribution in [3.8, 4) is 5.75 Å². The van der Waals surface area contributed by atoms with Crippen LogP contribution in [0.5, 0.6) is 5.75 Å². The summed E-state index contributed by atoms with van der Waals surface area (Å²) in [5, 5.41) is 0.692. The number of carbonyl (C=O) groups excluding carboxylic acids is 2. The molecule has 0 saturated carbocycles. The van der Waals surface area contributed by atoms with Gasteiger partial charge in [-0.15, -0.1) is 0 Å². The first-order chi connectivity index (χ1) is 16.3. The number of fused-ring (bicyclic) bond motifs is 1. The van der Waals surface area contributed by atoms with Crippen LogP contribution in [-0.2, 0) is 23.1 Å². The van der Waals surface area contributed by atoms with Crippen LogP contribution in [0.4, 0.5) is 5.95 Å². The lowest BCUT2D eigenvalue weighted by Gasteiger charge is -2.34. The highest BCUT2D eigenvalue weighted by Gasteiger charge is 2.27. The molecule has 3 aromatic rings. The van der Waals surface area contributed by atoms with Crippen LogP contribution in [0.15, 0.2) is 33.5 Å². The monoisotopic (exact) mass is 593 g/mol. The minimum Gasteiger partial charge on any atom is -0.462 e. The Bertz CT molecular complexity index is 1220. The summed E-state index contributed by atoms with van der Waals surface area (Å²) in [6.07, 6.45) is 3.50. The summed E-state index contributed by atoms with van der Waals surface area (Å²) in [6, 6.07) is 3.59. The zero-order chi connectivity index (χ0) is 24.4. The maximum absolute atomic E-state index is 13.0. The number of piperazine rings is 1. The number of ether oxygens (including phenoxy) is 2. The average molecular weight is 595 g/mol. The van der Waals surface area contributed by atoms with E-state index in [-0.39, 0.29) is 12.6 Å². The van der Waals surface area contributed by atoms with Crippen LogP contribution in [0, 0.1) is 0 Å². The minimum atomic E-state index is -0.429. The summed E-state index contributed by atoms with van der Waals surface area (Å²) in [5.41, 5.74) is 2.20. The van der Waals surface area contributed by atoms with Crippen molar-refractivity contribution < 1.29 is 19.1 Å². The van der Waals surface area contributed by atoms with Crippen LogP contribution in [-0.4, -0.2) is 64.2 Å². The van der Waals surface area contributed by atoms with E-state index in [0.29, 0.717) is 33.7 Å². The first kappa shape index (κ1) is 24.6. The van der Waals surface area contributed by atoms with Gasteiger partial charge in [-0.1, -0.05) is 0 Å². The lowest BCUT2D eigenvalue weighted by atomic mass is 10.1. The van der Waals surface area contributed by atoms with Gasteiger partial charge in [-0.2, -0.15) is 0 Å². The molecule has 1 aliphatic rings. The van der Waals surface area contributed by atoms with Crippen LogP contribution in [0.1, 0.15) is 29.9 Å². The second-order valence-electron chi connectivity index (χ2n) is 7.96. The number of hydrogen-bond donors (Lipinski definition) is 0. The van der Waals surface area contributed by atoms with Gasteiger partial charge in [0.1, 0.15) is 5.75 Å². The van der Waals surface area contributed by atoms with Crippen molar-refractivity contribution in [2.75, 3.05) is 37.7 Å². The Kier molecular flexibility index (Phi) is 7.54. The predicted molar refractivity (Wildman–Crippen MR) is 135 cm³/mol. The van der Waals surface area contributed by atoms with Crippen LogP contribution in [0.25, 0.3) is 10.9 Å². The Labute approximate surface area is 214 Å². The largest absolute Gasteiger partial charge is 0.462 e. The quantitative estimate of drug-likeness (QED) is 0.313. The van der Waals surface area contributed by atoms with E-state index in [2.05, 4.69) is 51.6 Å². The highest BCUT2D eigenvalue weighted by Crippen LogP contribution is 2.36. The molecule has 2 aromatic heterocycles. The Balaban J connectivity index is 1.63. The fourth-order valence-electron chi connectivity index (χ4n) is 4.12. The first-order valence-electron chi connectivity index (χ1n) is 10.9. The predicted octanol–water partition coefficient (Wildman–Crippen LogP) is 3.92. The van der Waals surface area contributed by atoms with E-state index in [1.54, 1.807) is 25.4 Å². The van der Waals surface area contributed by atoms with E-state index >= 15 is 0 Å². The summed E-state index contributed by atoms with van der Waals surface area (Å²) in [5.74, 6) is 0.260. The van der Waals surface area contributed by atoms with Gasteiger partial charge in [0, 0.05) is 70.2 Å². The van der Waals surface area contributed by atoms with Crippen molar-refractivity contribution in [1.82, 2.24) is 19.4 Å². The Morgan fingerprint density at radius 3 is 2.38 bits per heavy atom. The van der Waals surface area contributed by atoms with Gasteiger partial charge in [0.2, 0.25) is 5.95 Å². The number of carbonyl (C=O) groups is 2. The number of rotatable bonds is 6. The summed E-state index contributed by atoms with van der Waals surface area (Å²) < 4.78 is 14.2. The van der Waals surface area contributed by atoms with Crippen molar-refractivity contribution >= 4 is 60.6 Å². The Morgan fingerprint density at radius 1 is 1.09 bits per heavy atom. The normalized spacial score (nSPS) is 14.4. The van der Waals surface area contributed by atoms with Crippen molar-refractivity contribution in [1.29, 1.82) is 0 Å². The van der Waals surface area contributed by atoms with Gasteiger partial charge in [0.05, 0.1) is 26.6 Å². The van der Waals surface area contributed by atoms with Crippen molar-refractivity contribution in [3.05, 3.63) is 44.7 Å². The van der Waals surface area contributed by atoms with Crippen molar-refractivity contribution in [2.24, 2.45) is 7.05 Å². The third-order valence-electron chi connectivity index (χ3n) is 5.74. The van der Waals surface area contributed by atoms with Gasteiger partial charge in [0.25, 0.3) is 0 Å². The summed E-state index contributed by atoms with van der Waals surface area (Å²) in [7, 11) is 1.93. The number of aryl methyl sites for hydroxylation is 1. The van der Waals surface area contributed by atoms with Crippen molar-refractivity contribution in [3.63, 3.8) is 0 Å². The average Bonchev–Trinajstić information content (AvgIpc) is 3.06. The van der Waals surface area contributed by atoms with Gasteiger partial charge in [-0.3, -0.25) is 9.69 Å². The lowest BCUT2D eigenvalue weighted by Crippen LogP contribution is -2.46. The van der Waals surface area contributed by atoms with Crippen LogP contribution < -0.4 is 9.64 Å². The number of esters is 2. The highest BCUT2D eigenvalue weighted by molar-refractivity contribution is 9.10. The topological polar surface area (TPSA) is 89.8 Å². The maximum atomic E-state index is 13.0. The number of nitrogens with zero attached hydrogens (tertiary/aromatic N) is 5. The molecule has 0 bridgehead atoms. The Hall–Kier alpha value is -2.50. The van der Waals surface area contributed by atoms with E-state index in [9.17, 15) is 9.59 Å². The molecular weight excluding hydrogens is 570 g/mol. The van der Waals surface area contributed by atoms with E-state index in [0.717, 1.165) is 41.9 Å². The molecule has 1 aliphatic heterocycles. The third-order valence-corrected chi connectivity index (χ3v) is 6.77. The molecule has 0 radical (unpaired) electrons. The fraction of sp³-hybridized carbons (Fsp3) is 0.391. The minimum absolute atomic E-state index is 0.272. The second kappa shape index (κ2) is 10.4. The van der Waals surface area contributed by atoms with E-state index < -0.39 is 5.97 Å². The second-order valence-corrected chi connectivity index (χ2v) is 9.73. The molecule has 1 aromatic carbocycles. The van der Waals surface area contributed by atoms with E-state index in [1.165, 1.54) is 6.92 Å². The van der Waals surface area contributed by atoms with Crippen LogP contribution >= 0.6 is 31.9 Å². The number of anilines is 1. The fourth-order valence-corrected chi connectivity index (χ4v) is 4.74. The number of benzene rings is 1. The number of halogens is 2. The highest BCUT2D eigenvalue weighted by atomic mass is 79.9. The molecule has 4 rings (SSSR count). The molecule has 9 nitrogen and oxygen atoms in total. The molecule has 0 amide bonds. The lowest BCUT2D eigenvalue weighted by molar-refractivity contribution is -0.131. The molecule has 0 unspecified atom stereocenters.